The highest BCUT2D eigenvalue weighted by atomic mass is 32.2. The van der Waals surface area contributed by atoms with Crippen LogP contribution in [0.5, 0.6) is 0 Å². The molecule has 1 aliphatic heterocycles. The maximum absolute atomic E-state index is 13.4. The van der Waals surface area contributed by atoms with Crippen molar-refractivity contribution < 1.29 is 8.42 Å². The van der Waals surface area contributed by atoms with E-state index in [-0.39, 0.29) is 5.41 Å². The number of benzene rings is 1. The average Bonchev–Trinajstić information content (AvgIpc) is 2.97. The Morgan fingerprint density at radius 1 is 1.04 bits per heavy atom. The van der Waals surface area contributed by atoms with Crippen molar-refractivity contribution >= 4 is 10.0 Å². The van der Waals surface area contributed by atoms with Crippen molar-refractivity contribution in [2.45, 2.75) is 70.6 Å². The van der Waals surface area contributed by atoms with Crippen molar-refractivity contribution in [2.24, 2.45) is 17.3 Å². The minimum atomic E-state index is -3.45. The third-order valence-electron chi connectivity index (χ3n) is 7.25. The fraction of sp³-hybridized carbons (Fsp3) is 0.652. The summed E-state index contributed by atoms with van der Waals surface area (Å²) in [5.41, 5.74) is 4.20. The van der Waals surface area contributed by atoms with Gasteiger partial charge in [-0.1, -0.05) is 62.0 Å². The minimum absolute atomic E-state index is 0.0161. The molecule has 2 fully saturated rings. The molecule has 0 unspecified atom stereocenters. The summed E-state index contributed by atoms with van der Waals surface area (Å²) in [4.78, 5) is 0.439. The summed E-state index contributed by atoms with van der Waals surface area (Å²) in [6.45, 7) is 7.91. The fourth-order valence-electron chi connectivity index (χ4n) is 5.83. The summed E-state index contributed by atoms with van der Waals surface area (Å²) in [5, 5.41) is 0. The van der Waals surface area contributed by atoms with Gasteiger partial charge in [0.15, 0.2) is 0 Å². The SMILES string of the molecule is Cc1ccc(S(=O)(=O)N2CC(C3CCCCC3)=C3[C@H](C)CC[C@@]3(C)C2)cc1. The smallest absolute Gasteiger partial charge is 0.207 e. The second kappa shape index (κ2) is 7.04. The molecule has 0 amide bonds. The van der Waals surface area contributed by atoms with Gasteiger partial charge in [-0.2, -0.15) is 4.31 Å². The predicted octanol–water partition coefficient (Wildman–Crippen LogP) is 5.31. The van der Waals surface area contributed by atoms with Gasteiger partial charge in [0.1, 0.15) is 0 Å². The molecule has 0 bridgehead atoms. The van der Waals surface area contributed by atoms with E-state index < -0.39 is 10.0 Å². The Hall–Kier alpha value is -1.13. The van der Waals surface area contributed by atoms with E-state index in [1.54, 1.807) is 22.0 Å². The Kier molecular flexibility index (Phi) is 5.00. The zero-order valence-electron chi connectivity index (χ0n) is 17.0. The van der Waals surface area contributed by atoms with Crippen LogP contribution in [0.2, 0.25) is 0 Å². The van der Waals surface area contributed by atoms with Crippen LogP contribution in [0, 0.1) is 24.2 Å². The van der Waals surface area contributed by atoms with Crippen LogP contribution in [0.15, 0.2) is 40.3 Å². The van der Waals surface area contributed by atoms with E-state index in [0.29, 0.717) is 29.8 Å². The Labute approximate surface area is 164 Å². The second-order valence-electron chi connectivity index (χ2n) is 9.36. The summed E-state index contributed by atoms with van der Waals surface area (Å²) in [6, 6.07) is 7.34. The van der Waals surface area contributed by atoms with Gasteiger partial charge in [-0.3, -0.25) is 0 Å². The zero-order chi connectivity index (χ0) is 19.2. The molecule has 2 atom stereocenters. The molecule has 27 heavy (non-hydrogen) atoms. The highest BCUT2D eigenvalue weighted by Gasteiger charge is 2.48. The lowest BCUT2D eigenvalue weighted by Crippen LogP contribution is -2.46. The molecule has 0 aromatic heterocycles. The van der Waals surface area contributed by atoms with Crippen molar-refractivity contribution in [1.29, 1.82) is 0 Å². The molecule has 4 rings (SSSR count). The molecule has 3 aliphatic rings. The van der Waals surface area contributed by atoms with Crippen molar-refractivity contribution in [3.8, 4) is 0 Å². The van der Waals surface area contributed by atoms with Crippen molar-refractivity contribution in [2.75, 3.05) is 13.1 Å². The Bertz CT molecular complexity index is 834. The minimum Gasteiger partial charge on any atom is -0.207 e. The third kappa shape index (κ3) is 3.40. The molecule has 2 saturated carbocycles. The molecule has 0 radical (unpaired) electrons. The summed E-state index contributed by atoms with van der Waals surface area (Å²) in [6.07, 6.45) is 8.69. The molecule has 3 nitrogen and oxygen atoms in total. The lowest BCUT2D eigenvalue weighted by atomic mass is 9.71. The largest absolute Gasteiger partial charge is 0.243 e. The van der Waals surface area contributed by atoms with Gasteiger partial charge in [0.25, 0.3) is 0 Å². The molecule has 1 aromatic rings. The molecule has 4 heteroatoms. The van der Waals surface area contributed by atoms with E-state index in [1.807, 2.05) is 19.1 Å². The van der Waals surface area contributed by atoms with E-state index in [1.165, 1.54) is 44.1 Å². The standard InChI is InChI=1S/C23H33NO2S/c1-17-9-11-20(12-10-17)27(25,26)24-15-21(19-7-5-4-6-8-19)22-18(2)13-14-23(22,3)16-24/h9-12,18-19H,4-8,13-16H2,1-3H3/t18-,23+/m1/s1. The maximum atomic E-state index is 13.4. The van der Waals surface area contributed by atoms with Crippen LogP contribution in [0.1, 0.15) is 64.4 Å². The first-order valence-electron chi connectivity index (χ1n) is 10.6. The third-order valence-corrected chi connectivity index (χ3v) is 9.05. The first-order chi connectivity index (χ1) is 12.8. The summed E-state index contributed by atoms with van der Waals surface area (Å²) < 4.78 is 28.7. The number of hydrogen-bond acceptors (Lipinski definition) is 2. The van der Waals surface area contributed by atoms with Gasteiger partial charge in [-0.15, -0.1) is 0 Å². The first kappa shape index (κ1) is 19.2. The van der Waals surface area contributed by atoms with E-state index >= 15 is 0 Å². The lowest BCUT2D eigenvalue weighted by molar-refractivity contribution is 0.249. The second-order valence-corrected chi connectivity index (χ2v) is 11.3. The van der Waals surface area contributed by atoms with Gasteiger partial charge >= 0.3 is 0 Å². The van der Waals surface area contributed by atoms with Crippen LogP contribution >= 0.6 is 0 Å². The van der Waals surface area contributed by atoms with Crippen LogP contribution in [0.25, 0.3) is 0 Å². The summed E-state index contributed by atoms with van der Waals surface area (Å²) >= 11 is 0. The van der Waals surface area contributed by atoms with E-state index in [2.05, 4.69) is 13.8 Å². The maximum Gasteiger partial charge on any atom is 0.243 e. The lowest BCUT2D eigenvalue weighted by Gasteiger charge is -2.43. The number of fused-ring (bicyclic) bond motifs is 1. The Morgan fingerprint density at radius 3 is 2.37 bits per heavy atom. The molecule has 1 aromatic carbocycles. The van der Waals surface area contributed by atoms with Gasteiger partial charge < -0.3 is 0 Å². The molecule has 0 N–H and O–H groups in total. The van der Waals surface area contributed by atoms with Crippen LogP contribution in [0.4, 0.5) is 0 Å². The number of hydrogen-bond donors (Lipinski definition) is 0. The normalized spacial score (nSPS) is 30.6. The fourth-order valence-corrected chi connectivity index (χ4v) is 7.37. The summed E-state index contributed by atoms with van der Waals surface area (Å²) in [5.74, 6) is 1.20. The monoisotopic (exact) mass is 387 g/mol. The molecule has 2 aliphatic carbocycles. The van der Waals surface area contributed by atoms with Gasteiger partial charge in [0.05, 0.1) is 4.90 Å². The van der Waals surface area contributed by atoms with Crippen molar-refractivity contribution in [1.82, 2.24) is 4.31 Å². The molecule has 148 valence electrons. The van der Waals surface area contributed by atoms with Gasteiger partial charge in [-0.25, -0.2) is 8.42 Å². The average molecular weight is 388 g/mol. The number of nitrogens with zero attached hydrogens (tertiary/aromatic N) is 1. The number of sulfonamides is 1. The van der Waals surface area contributed by atoms with Crippen LogP contribution < -0.4 is 0 Å². The first-order valence-corrected chi connectivity index (χ1v) is 12.1. The highest BCUT2D eigenvalue weighted by Crippen LogP contribution is 2.53. The van der Waals surface area contributed by atoms with E-state index in [0.717, 1.165) is 12.0 Å². The molecule has 0 spiro atoms. The predicted molar refractivity (Wildman–Crippen MR) is 110 cm³/mol. The summed E-state index contributed by atoms with van der Waals surface area (Å²) in [7, 11) is -3.45. The Morgan fingerprint density at radius 2 is 1.70 bits per heavy atom. The van der Waals surface area contributed by atoms with Crippen molar-refractivity contribution in [3.63, 3.8) is 0 Å². The van der Waals surface area contributed by atoms with Crippen molar-refractivity contribution in [3.05, 3.63) is 41.0 Å². The Balaban J connectivity index is 1.73. The molecule has 1 heterocycles. The van der Waals surface area contributed by atoms with E-state index in [9.17, 15) is 8.42 Å². The highest BCUT2D eigenvalue weighted by molar-refractivity contribution is 7.89. The number of rotatable bonds is 3. The zero-order valence-corrected chi connectivity index (χ0v) is 17.8. The van der Waals surface area contributed by atoms with Crippen LogP contribution in [-0.4, -0.2) is 25.8 Å². The van der Waals surface area contributed by atoms with Gasteiger partial charge in [0.2, 0.25) is 10.0 Å². The van der Waals surface area contributed by atoms with Gasteiger partial charge in [-0.05, 0) is 56.6 Å². The van der Waals surface area contributed by atoms with Gasteiger partial charge in [0, 0.05) is 18.5 Å². The topological polar surface area (TPSA) is 37.4 Å². The molecule has 0 saturated heterocycles. The van der Waals surface area contributed by atoms with E-state index in [4.69, 9.17) is 0 Å². The number of aryl methyl sites for hydroxylation is 1. The molecular weight excluding hydrogens is 354 g/mol. The quantitative estimate of drug-likeness (QED) is 0.659. The van der Waals surface area contributed by atoms with Crippen LogP contribution in [-0.2, 0) is 10.0 Å². The molecular formula is C23H33NO2S. The van der Waals surface area contributed by atoms with Crippen LogP contribution in [0.3, 0.4) is 0 Å².